The van der Waals surface area contributed by atoms with Crippen molar-refractivity contribution in [2.24, 2.45) is 5.92 Å². The minimum atomic E-state index is -1.97. The van der Waals surface area contributed by atoms with Gasteiger partial charge in [0.25, 0.3) is 0 Å². The van der Waals surface area contributed by atoms with Crippen LogP contribution in [0.25, 0.3) is 0 Å². The molecule has 0 spiro atoms. The number of ether oxygens (including phenoxy) is 2. The molecule has 1 heterocycles. The molecule has 0 aromatic heterocycles. The normalized spacial score (nSPS) is 23.5. The van der Waals surface area contributed by atoms with Crippen molar-refractivity contribution in [1.82, 2.24) is 0 Å². The van der Waals surface area contributed by atoms with Crippen LogP contribution >= 0.6 is 0 Å². The van der Waals surface area contributed by atoms with Crippen LogP contribution in [0.15, 0.2) is 18.2 Å². The van der Waals surface area contributed by atoms with Crippen molar-refractivity contribution in [3.8, 4) is 17.6 Å². The third kappa shape index (κ3) is 6.53. The summed E-state index contributed by atoms with van der Waals surface area (Å²) in [5.41, 5.74) is 2.03. The second-order valence-corrected chi connectivity index (χ2v) is 23.1. The van der Waals surface area contributed by atoms with Crippen molar-refractivity contribution in [2.45, 2.75) is 116 Å². The molecule has 0 saturated heterocycles. The Kier molecular flexibility index (Phi) is 8.81. The lowest BCUT2D eigenvalue weighted by Gasteiger charge is -2.42. The lowest BCUT2D eigenvalue weighted by Crippen LogP contribution is -2.47. The van der Waals surface area contributed by atoms with Crippen molar-refractivity contribution >= 4 is 22.6 Å². The van der Waals surface area contributed by atoms with Gasteiger partial charge < -0.3 is 18.3 Å². The second-order valence-electron chi connectivity index (χ2n) is 13.6. The van der Waals surface area contributed by atoms with Crippen molar-refractivity contribution in [3.63, 3.8) is 0 Å². The summed E-state index contributed by atoms with van der Waals surface area (Å²) >= 11 is 0. The zero-order valence-electron chi connectivity index (χ0n) is 24.9. The largest absolute Gasteiger partial charge is 0.488 e. The summed E-state index contributed by atoms with van der Waals surface area (Å²) in [7, 11) is -3.91. The molecule has 0 amide bonds. The fourth-order valence-electron chi connectivity index (χ4n) is 4.65. The molecule has 0 unspecified atom stereocenters. The molecule has 0 bridgehead atoms. The fraction of sp³-hybridized carbons (Fsp3) is 0.700. The summed E-state index contributed by atoms with van der Waals surface area (Å²) in [6.45, 7) is 25.9. The molecule has 37 heavy (non-hydrogen) atoms. The molecule has 206 valence electrons. The molecule has 7 heteroatoms. The predicted octanol–water partition coefficient (Wildman–Crippen LogP) is 7.27. The Hall–Kier alpha value is -1.60. The zero-order chi connectivity index (χ0) is 27.8. The number of rotatable bonds is 7. The van der Waals surface area contributed by atoms with Crippen LogP contribution in [-0.2, 0) is 18.4 Å². The quantitative estimate of drug-likeness (QED) is 0.205. The van der Waals surface area contributed by atoms with Gasteiger partial charge in [-0.3, -0.25) is 4.79 Å². The Morgan fingerprint density at radius 1 is 1.05 bits per heavy atom. The second kappa shape index (κ2) is 10.9. The van der Waals surface area contributed by atoms with Gasteiger partial charge in [0.2, 0.25) is 0 Å². The molecule has 0 N–H and O–H groups in total. The highest BCUT2D eigenvalue weighted by Crippen LogP contribution is 2.54. The molecule has 1 saturated carbocycles. The Labute approximate surface area is 227 Å². The van der Waals surface area contributed by atoms with Gasteiger partial charge in [0.15, 0.2) is 16.6 Å². The molecule has 4 atom stereocenters. The van der Waals surface area contributed by atoms with Crippen LogP contribution < -0.4 is 4.74 Å². The van der Waals surface area contributed by atoms with E-state index in [2.05, 4.69) is 85.6 Å². The van der Waals surface area contributed by atoms with E-state index in [0.717, 1.165) is 17.7 Å². The summed E-state index contributed by atoms with van der Waals surface area (Å²) in [5, 5.41) is 0.280. The first-order chi connectivity index (χ1) is 17.0. The monoisotopic (exact) mass is 544 g/mol. The summed E-state index contributed by atoms with van der Waals surface area (Å²) in [5.74, 6) is 7.12. The predicted molar refractivity (Wildman–Crippen MR) is 155 cm³/mol. The molecule has 5 nitrogen and oxygen atoms in total. The van der Waals surface area contributed by atoms with E-state index < -0.39 is 16.6 Å². The molecule has 1 fully saturated rings. The van der Waals surface area contributed by atoms with Crippen molar-refractivity contribution in [3.05, 3.63) is 29.3 Å². The van der Waals surface area contributed by atoms with E-state index in [4.69, 9.17) is 18.3 Å². The number of carbonyl (C=O) groups is 1. The summed E-state index contributed by atoms with van der Waals surface area (Å²) < 4.78 is 25.5. The van der Waals surface area contributed by atoms with Gasteiger partial charge in [0.05, 0.1) is 18.3 Å². The fourth-order valence-corrected chi connectivity index (χ4v) is 7.08. The third-order valence-corrected chi connectivity index (χ3v) is 17.9. The summed E-state index contributed by atoms with van der Waals surface area (Å²) in [6.07, 6.45) is 1.08. The number of benzene rings is 1. The number of hydrogen-bond donors (Lipinski definition) is 0. The Bertz CT molecular complexity index is 1040. The molecular formula is C30H48O5Si2. The minimum Gasteiger partial charge on any atom is -0.488 e. The smallest absolute Gasteiger partial charge is 0.317 e. The van der Waals surface area contributed by atoms with Crippen molar-refractivity contribution in [1.29, 1.82) is 0 Å². The first kappa shape index (κ1) is 30.0. The van der Waals surface area contributed by atoms with Gasteiger partial charge in [-0.25, -0.2) is 0 Å². The molecule has 2 aliphatic rings. The lowest BCUT2D eigenvalue weighted by atomic mass is 9.88. The molecular weight excluding hydrogens is 496 g/mol. The van der Waals surface area contributed by atoms with E-state index >= 15 is 0 Å². The Morgan fingerprint density at radius 2 is 1.70 bits per heavy atom. The van der Waals surface area contributed by atoms with Gasteiger partial charge in [-0.15, -0.1) is 0 Å². The molecule has 3 rings (SSSR count). The number of carbonyl (C=O) groups excluding carboxylic acids is 1. The molecule has 1 aromatic rings. The van der Waals surface area contributed by atoms with Gasteiger partial charge in [0.1, 0.15) is 18.3 Å². The highest BCUT2D eigenvalue weighted by atomic mass is 28.4. The molecule has 0 radical (unpaired) electrons. The number of esters is 1. The van der Waals surface area contributed by atoms with Crippen LogP contribution in [0.3, 0.4) is 0 Å². The van der Waals surface area contributed by atoms with E-state index in [1.807, 2.05) is 12.1 Å². The van der Waals surface area contributed by atoms with Crippen LogP contribution in [0, 0.1) is 17.8 Å². The Morgan fingerprint density at radius 3 is 2.30 bits per heavy atom. The van der Waals surface area contributed by atoms with E-state index in [1.165, 1.54) is 5.56 Å². The van der Waals surface area contributed by atoms with Gasteiger partial charge >= 0.3 is 5.97 Å². The molecule has 1 aliphatic heterocycles. The van der Waals surface area contributed by atoms with Crippen LogP contribution in [-0.4, -0.2) is 48.0 Å². The van der Waals surface area contributed by atoms with Crippen molar-refractivity contribution in [2.75, 3.05) is 13.2 Å². The summed E-state index contributed by atoms with van der Waals surface area (Å²) in [4.78, 5) is 11.7. The van der Waals surface area contributed by atoms with E-state index in [1.54, 1.807) is 6.92 Å². The topological polar surface area (TPSA) is 54.0 Å². The van der Waals surface area contributed by atoms with Crippen LogP contribution in [0.5, 0.6) is 5.75 Å². The van der Waals surface area contributed by atoms with Crippen LogP contribution in [0.1, 0.15) is 78.4 Å². The zero-order valence-corrected chi connectivity index (χ0v) is 26.9. The van der Waals surface area contributed by atoms with Crippen LogP contribution in [0.4, 0.5) is 0 Å². The minimum absolute atomic E-state index is 0.0470. The maximum atomic E-state index is 11.7. The summed E-state index contributed by atoms with van der Waals surface area (Å²) in [6, 6.07) is 6.19. The Balaban J connectivity index is 1.92. The van der Waals surface area contributed by atoms with Gasteiger partial charge in [-0.05, 0) is 49.3 Å². The first-order valence-corrected chi connectivity index (χ1v) is 19.6. The third-order valence-electron chi connectivity index (χ3n) is 8.93. The average Bonchev–Trinajstić information content (AvgIpc) is 3.26. The van der Waals surface area contributed by atoms with Gasteiger partial charge in [0, 0.05) is 30.4 Å². The number of para-hydroxylation sites is 1. The molecule has 1 aliphatic carbocycles. The molecule has 1 aromatic carbocycles. The lowest BCUT2D eigenvalue weighted by molar-refractivity contribution is -0.141. The van der Waals surface area contributed by atoms with Crippen LogP contribution in [0.2, 0.25) is 36.3 Å². The maximum Gasteiger partial charge on any atom is 0.317 e. The highest BCUT2D eigenvalue weighted by Gasteiger charge is 2.54. The number of fused-ring (bicyclic) bond motifs is 3. The van der Waals surface area contributed by atoms with Gasteiger partial charge in [-0.1, -0.05) is 65.5 Å². The van der Waals surface area contributed by atoms with E-state index in [-0.39, 0.29) is 46.5 Å². The highest BCUT2D eigenvalue weighted by molar-refractivity contribution is 6.74. The maximum absolute atomic E-state index is 11.7. The standard InChI is InChI=1S/C30H48O5Si2/c1-12-32-26(31)18-14-16-21-15-13-17-22-27-23(20-33-36(8,9)29(2,3)4)24(19-25(27)34-28(21)22)35-37(10,11)30(5,6)7/h13,15,17,23-25,27H,12,18-20H2,1-11H3/t23-,24+,25-,27+/m0/s1. The van der Waals surface area contributed by atoms with E-state index in [0.29, 0.717) is 13.2 Å². The average molecular weight is 545 g/mol. The SMILES string of the molecule is CCOC(=O)CC#Cc1cccc2c1O[C@H]1C[C@@H](O[Si](C)(C)C(C)(C)C)[C@H](CO[Si](C)(C)C(C)(C)C)[C@@H]21. The van der Waals surface area contributed by atoms with E-state index in [9.17, 15) is 4.79 Å². The van der Waals surface area contributed by atoms with Crippen molar-refractivity contribution < 1.29 is 23.1 Å². The van der Waals surface area contributed by atoms with Gasteiger partial charge in [-0.2, -0.15) is 0 Å². The number of hydrogen-bond acceptors (Lipinski definition) is 5. The first-order valence-electron chi connectivity index (χ1n) is 13.7.